The fraction of sp³-hybridized carbons (Fsp3) is 0.556. The monoisotopic (exact) mass is 288 g/mol. The minimum absolute atomic E-state index is 0.0881. The highest BCUT2D eigenvalue weighted by Gasteiger charge is 2.41. The van der Waals surface area contributed by atoms with Gasteiger partial charge in [-0.1, -0.05) is 57.5 Å². The van der Waals surface area contributed by atoms with Crippen LogP contribution in [0.5, 0.6) is 0 Å². The van der Waals surface area contributed by atoms with Gasteiger partial charge >= 0.3 is 5.97 Å². The van der Waals surface area contributed by atoms with Gasteiger partial charge in [0.25, 0.3) is 0 Å². The van der Waals surface area contributed by atoms with Crippen LogP contribution in [0, 0.1) is 11.8 Å². The fourth-order valence-electron chi connectivity index (χ4n) is 3.54. The molecule has 1 saturated carbocycles. The Morgan fingerprint density at radius 3 is 2.52 bits per heavy atom. The van der Waals surface area contributed by atoms with Crippen LogP contribution in [0.3, 0.4) is 0 Å². The largest absolute Gasteiger partial charge is 0.457 e. The van der Waals surface area contributed by atoms with Gasteiger partial charge in [0.2, 0.25) is 6.29 Å². The lowest BCUT2D eigenvalue weighted by atomic mass is 9.64. The first-order chi connectivity index (χ1) is 9.95. The summed E-state index contributed by atoms with van der Waals surface area (Å²) >= 11 is 0. The van der Waals surface area contributed by atoms with Gasteiger partial charge in [0, 0.05) is 5.92 Å². The van der Waals surface area contributed by atoms with E-state index in [1.54, 1.807) is 0 Å². The smallest absolute Gasteiger partial charge is 0.371 e. The summed E-state index contributed by atoms with van der Waals surface area (Å²) in [5.74, 6) is 0.0141. The second-order valence-corrected chi connectivity index (χ2v) is 6.71. The van der Waals surface area contributed by atoms with Crippen molar-refractivity contribution < 1.29 is 14.3 Å². The highest BCUT2D eigenvalue weighted by Crippen LogP contribution is 2.43. The maximum atomic E-state index is 11.4. The molecular weight excluding hydrogens is 264 g/mol. The van der Waals surface area contributed by atoms with E-state index in [0.29, 0.717) is 5.92 Å². The van der Waals surface area contributed by atoms with Crippen LogP contribution >= 0.6 is 0 Å². The number of hydrogen-bond donors (Lipinski definition) is 0. The Morgan fingerprint density at radius 2 is 1.90 bits per heavy atom. The Hall–Kier alpha value is -1.64. The van der Waals surface area contributed by atoms with Gasteiger partial charge in [-0.25, -0.2) is 4.79 Å². The van der Waals surface area contributed by atoms with E-state index < -0.39 is 5.97 Å². The number of esters is 1. The summed E-state index contributed by atoms with van der Waals surface area (Å²) in [6.07, 6.45) is 3.07. The molecule has 21 heavy (non-hydrogen) atoms. The predicted octanol–water partition coefficient (Wildman–Crippen LogP) is 3.51. The fourth-order valence-corrected chi connectivity index (χ4v) is 3.54. The molecule has 0 radical (unpaired) electrons. The van der Waals surface area contributed by atoms with Crippen LogP contribution in [0.2, 0.25) is 0 Å². The van der Waals surface area contributed by atoms with E-state index in [1.165, 1.54) is 5.56 Å². The molecule has 0 spiro atoms. The lowest BCUT2D eigenvalue weighted by Gasteiger charge is -2.43. The molecule has 0 amide bonds. The molecule has 3 heteroatoms. The van der Waals surface area contributed by atoms with Crippen molar-refractivity contribution in [1.82, 2.24) is 0 Å². The first kappa shape index (κ1) is 15.7. The number of ether oxygens (including phenoxy) is 1. The van der Waals surface area contributed by atoms with E-state index in [2.05, 4.69) is 32.9 Å². The van der Waals surface area contributed by atoms with Crippen molar-refractivity contribution in [2.24, 2.45) is 11.8 Å². The first-order valence-corrected chi connectivity index (χ1v) is 7.66. The normalized spacial score (nSPS) is 26.1. The molecule has 0 aromatic heterocycles. The van der Waals surface area contributed by atoms with E-state index in [4.69, 9.17) is 4.74 Å². The Morgan fingerprint density at radius 1 is 1.24 bits per heavy atom. The average molecular weight is 288 g/mol. The Balaban J connectivity index is 2.25. The summed E-state index contributed by atoms with van der Waals surface area (Å²) in [5, 5.41) is 0. The van der Waals surface area contributed by atoms with Crippen LogP contribution < -0.4 is 0 Å². The highest BCUT2D eigenvalue weighted by molar-refractivity contribution is 6.20. The number of rotatable bonds is 4. The summed E-state index contributed by atoms with van der Waals surface area (Å²) in [4.78, 5) is 22.0. The molecule has 0 N–H and O–H groups in total. The van der Waals surface area contributed by atoms with Gasteiger partial charge in [0.05, 0.1) is 0 Å². The number of carbonyl (C=O) groups is 2. The molecule has 1 fully saturated rings. The molecule has 0 unspecified atom stereocenters. The van der Waals surface area contributed by atoms with Crippen LogP contribution in [-0.4, -0.2) is 18.4 Å². The van der Waals surface area contributed by atoms with Crippen LogP contribution in [0.1, 0.15) is 45.6 Å². The Labute approximate surface area is 126 Å². The van der Waals surface area contributed by atoms with Crippen molar-refractivity contribution in [3.05, 3.63) is 35.9 Å². The van der Waals surface area contributed by atoms with Gasteiger partial charge < -0.3 is 4.74 Å². The Kier molecular flexibility index (Phi) is 4.81. The topological polar surface area (TPSA) is 43.4 Å². The highest BCUT2D eigenvalue weighted by atomic mass is 16.5. The van der Waals surface area contributed by atoms with Crippen molar-refractivity contribution in [3.8, 4) is 0 Å². The van der Waals surface area contributed by atoms with E-state index in [1.807, 2.05) is 18.2 Å². The maximum absolute atomic E-state index is 11.4. The minimum atomic E-state index is -0.747. The molecule has 3 nitrogen and oxygen atoms in total. The second-order valence-electron chi connectivity index (χ2n) is 6.71. The van der Waals surface area contributed by atoms with E-state index >= 15 is 0 Å². The van der Waals surface area contributed by atoms with E-state index in [9.17, 15) is 9.59 Å². The molecule has 1 aliphatic rings. The first-order valence-electron chi connectivity index (χ1n) is 7.66. The number of hydrogen-bond acceptors (Lipinski definition) is 3. The summed E-state index contributed by atoms with van der Waals surface area (Å²) in [5.41, 5.74) is 1.16. The zero-order valence-corrected chi connectivity index (χ0v) is 13.0. The molecule has 3 atom stereocenters. The van der Waals surface area contributed by atoms with Crippen LogP contribution in [0.15, 0.2) is 30.3 Å². The standard InChI is InChI=1S/C18H24O3/c1-13-9-10-15(16(11-13)21-17(20)12-19)18(2,3)14-7-5-4-6-8-14/h4-8,12-13,15-16H,9-11H2,1-3H3/t13-,15-,16+/m1/s1. The molecule has 0 bridgehead atoms. The summed E-state index contributed by atoms with van der Waals surface area (Å²) in [6, 6.07) is 10.3. The third kappa shape index (κ3) is 3.52. The van der Waals surface area contributed by atoms with Gasteiger partial charge in [-0.05, 0) is 29.7 Å². The van der Waals surface area contributed by atoms with E-state index in [0.717, 1.165) is 19.3 Å². The maximum Gasteiger partial charge on any atom is 0.371 e. The third-order valence-electron chi connectivity index (χ3n) is 4.86. The SMILES string of the molecule is C[C@@H]1CC[C@@H](C(C)(C)c2ccccc2)[C@@H](OC(=O)C=O)C1. The lowest BCUT2D eigenvalue weighted by Crippen LogP contribution is -2.43. The summed E-state index contributed by atoms with van der Waals surface area (Å²) in [7, 11) is 0. The predicted molar refractivity (Wildman–Crippen MR) is 81.9 cm³/mol. The number of carbonyl (C=O) groups excluding carboxylic acids is 2. The summed E-state index contributed by atoms with van der Waals surface area (Å²) < 4.78 is 5.42. The number of benzene rings is 1. The average Bonchev–Trinajstić information content (AvgIpc) is 2.48. The lowest BCUT2D eigenvalue weighted by molar-refractivity contribution is -0.159. The van der Waals surface area contributed by atoms with Crippen LogP contribution in [0.4, 0.5) is 0 Å². The van der Waals surface area contributed by atoms with Crippen molar-refractivity contribution in [3.63, 3.8) is 0 Å². The molecule has 1 aromatic carbocycles. The molecule has 1 aromatic rings. The molecule has 114 valence electrons. The number of aldehydes is 1. The van der Waals surface area contributed by atoms with E-state index in [-0.39, 0.29) is 23.7 Å². The van der Waals surface area contributed by atoms with Gasteiger partial charge in [-0.15, -0.1) is 0 Å². The van der Waals surface area contributed by atoms with Gasteiger partial charge in [0.1, 0.15) is 6.10 Å². The van der Waals surface area contributed by atoms with Crippen molar-refractivity contribution in [1.29, 1.82) is 0 Å². The Bertz CT molecular complexity index is 492. The molecule has 2 rings (SSSR count). The van der Waals surface area contributed by atoms with Crippen molar-refractivity contribution in [2.45, 2.75) is 51.6 Å². The molecular formula is C18H24O3. The van der Waals surface area contributed by atoms with Gasteiger partial charge in [-0.2, -0.15) is 0 Å². The van der Waals surface area contributed by atoms with Crippen molar-refractivity contribution in [2.75, 3.05) is 0 Å². The van der Waals surface area contributed by atoms with Gasteiger partial charge in [-0.3, -0.25) is 4.79 Å². The molecule has 0 saturated heterocycles. The quantitative estimate of drug-likeness (QED) is 0.484. The second kappa shape index (κ2) is 6.42. The zero-order valence-electron chi connectivity index (χ0n) is 13.0. The molecule has 0 aliphatic heterocycles. The third-order valence-corrected chi connectivity index (χ3v) is 4.86. The molecule has 0 heterocycles. The van der Waals surface area contributed by atoms with Crippen LogP contribution in [0.25, 0.3) is 0 Å². The van der Waals surface area contributed by atoms with Crippen LogP contribution in [-0.2, 0) is 19.7 Å². The van der Waals surface area contributed by atoms with Gasteiger partial charge in [0.15, 0.2) is 0 Å². The summed E-state index contributed by atoms with van der Waals surface area (Å²) in [6.45, 7) is 6.57. The van der Waals surface area contributed by atoms with Crippen molar-refractivity contribution >= 4 is 12.3 Å². The zero-order chi connectivity index (χ0) is 15.5. The minimum Gasteiger partial charge on any atom is -0.457 e. The molecule has 1 aliphatic carbocycles.